The summed E-state index contributed by atoms with van der Waals surface area (Å²) >= 11 is 0.748. The van der Waals surface area contributed by atoms with Crippen LogP contribution in [0, 0.1) is 5.92 Å². The molecule has 0 radical (unpaired) electrons. The Morgan fingerprint density at radius 3 is 2.52 bits per heavy atom. The number of hydrogen-bond acceptors (Lipinski definition) is 7. The maximum absolute atomic E-state index is 13.5. The van der Waals surface area contributed by atoms with E-state index in [2.05, 4.69) is 23.5 Å². The summed E-state index contributed by atoms with van der Waals surface area (Å²) in [6.07, 6.45) is 1.82. The van der Waals surface area contributed by atoms with Crippen LogP contribution in [0.25, 0.3) is 0 Å². The lowest BCUT2D eigenvalue weighted by Gasteiger charge is -2.31. The Balaban J connectivity index is 2.49. The van der Waals surface area contributed by atoms with E-state index in [1.807, 2.05) is 6.92 Å². The zero-order valence-electron chi connectivity index (χ0n) is 17.9. The van der Waals surface area contributed by atoms with Gasteiger partial charge in [-0.1, -0.05) is 33.3 Å². The highest BCUT2D eigenvalue weighted by atomic mass is 32.1. The maximum atomic E-state index is 13.5. The highest BCUT2D eigenvalue weighted by Crippen LogP contribution is 2.30. The number of nitrogens with zero attached hydrogens (tertiary/aromatic N) is 2. The van der Waals surface area contributed by atoms with E-state index in [1.165, 1.54) is 17.0 Å². The molecule has 0 aliphatic heterocycles. The van der Waals surface area contributed by atoms with E-state index in [0.717, 1.165) is 18.0 Å². The number of nitrogens with one attached hydrogen (secondary N) is 1. The number of hydrogen-bond donors (Lipinski definition) is 4. The van der Waals surface area contributed by atoms with Crippen LogP contribution in [0.5, 0.6) is 5.75 Å². The quantitative estimate of drug-likeness (QED) is 0.439. The predicted molar refractivity (Wildman–Crippen MR) is 121 cm³/mol. The predicted octanol–water partition coefficient (Wildman–Crippen LogP) is 2.51. The second-order valence-electron chi connectivity index (χ2n) is 7.61. The molecule has 1 heterocycles. The van der Waals surface area contributed by atoms with Gasteiger partial charge in [-0.25, -0.2) is 0 Å². The molecule has 0 fully saturated rings. The van der Waals surface area contributed by atoms with Crippen molar-refractivity contribution < 1.29 is 19.5 Å². The number of rotatable bonds is 10. The molecule has 0 aliphatic rings. The molecule has 0 bridgehead atoms. The molecule has 2 rings (SSSR count). The molecule has 6 N–H and O–H groups in total. The smallest absolute Gasteiger partial charge is 0.272 e. The average molecular weight is 448 g/mol. The third-order valence-electron chi connectivity index (χ3n) is 4.68. The first-order valence-corrected chi connectivity index (χ1v) is 10.9. The largest absolute Gasteiger partial charge is 0.508 e. The number of nitrogen functional groups attached to an aromatic ring is 1. The minimum Gasteiger partial charge on any atom is -0.508 e. The summed E-state index contributed by atoms with van der Waals surface area (Å²) in [5, 5.41) is 12.9. The number of nitrogens with two attached hydrogens (primary N) is 2. The zero-order chi connectivity index (χ0) is 23.1. The molecule has 0 spiro atoms. The van der Waals surface area contributed by atoms with Gasteiger partial charge in [-0.3, -0.25) is 19.3 Å². The van der Waals surface area contributed by atoms with Crippen LogP contribution in [0.15, 0.2) is 24.3 Å². The number of carbonyl (C=O) groups is 3. The Kier molecular flexibility index (Phi) is 8.38. The van der Waals surface area contributed by atoms with Crippen molar-refractivity contribution >= 4 is 40.6 Å². The first-order chi connectivity index (χ1) is 14.7. The van der Waals surface area contributed by atoms with Crippen molar-refractivity contribution in [2.24, 2.45) is 11.7 Å². The summed E-state index contributed by atoms with van der Waals surface area (Å²) in [5.41, 5.74) is 11.3. The van der Waals surface area contributed by atoms with Crippen molar-refractivity contribution in [2.75, 3.05) is 17.2 Å². The molecular formula is C21H29N5O4S. The monoisotopic (exact) mass is 447 g/mol. The molecule has 2 aromatic rings. The number of primary amides is 1. The Bertz CT molecular complexity index is 944. The molecule has 0 saturated heterocycles. The molecule has 9 nitrogen and oxygen atoms in total. The Labute approximate surface area is 185 Å². The van der Waals surface area contributed by atoms with Gasteiger partial charge in [0, 0.05) is 18.3 Å². The van der Waals surface area contributed by atoms with Crippen LogP contribution >= 0.6 is 11.5 Å². The summed E-state index contributed by atoms with van der Waals surface area (Å²) < 4.78 is 3.89. The van der Waals surface area contributed by atoms with E-state index in [4.69, 9.17) is 11.5 Å². The van der Waals surface area contributed by atoms with Crippen molar-refractivity contribution in [2.45, 2.75) is 46.1 Å². The molecule has 168 valence electrons. The molecule has 3 amide bonds. The molecule has 1 unspecified atom stereocenters. The summed E-state index contributed by atoms with van der Waals surface area (Å²) in [6.45, 7) is 6.50. The molecule has 1 aromatic heterocycles. The van der Waals surface area contributed by atoms with E-state index in [1.54, 1.807) is 12.1 Å². The molecule has 1 aromatic carbocycles. The van der Waals surface area contributed by atoms with Crippen LogP contribution in [0.2, 0.25) is 0 Å². The lowest BCUT2D eigenvalue weighted by atomic mass is 10.1. The number of phenols is 1. The van der Waals surface area contributed by atoms with E-state index in [0.29, 0.717) is 31.0 Å². The second kappa shape index (κ2) is 10.8. The van der Waals surface area contributed by atoms with Crippen molar-refractivity contribution in [3.05, 3.63) is 34.8 Å². The highest BCUT2D eigenvalue weighted by molar-refractivity contribution is 7.09. The Morgan fingerprint density at radius 1 is 1.26 bits per heavy atom. The Hall–Kier alpha value is -3.14. The van der Waals surface area contributed by atoms with Crippen LogP contribution in [0.3, 0.4) is 0 Å². The molecule has 0 aliphatic carbocycles. The van der Waals surface area contributed by atoms with Crippen molar-refractivity contribution in [1.29, 1.82) is 0 Å². The molecule has 0 saturated carbocycles. The first-order valence-electron chi connectivity index (χ1n) is 10.1. The second-order valence-corrected chi connectivity index (χ2v) is 8.38. The van der Waals surface area contributed by atoms with Gasteiger partial charge in [0.1, 0.15) is 16.7 Å². The van der Waals surface area contributed by atoms with Crippen LogP contribution < -0.4 is 21.7 Å². The summed E-state index contributed by atoms with van der Waals surface area (Å²) in [6, 6.07) is 5.22. The van der Waals surface area contributed by atoms with Crippen molar-refractivity contribution in [3.63, 3.8) is 0 Å². The summed E-state index contributed by atoms with van der Waals surface area (Å²) in [7, 11) is 0. The van der Waals surface area contributed by atoms with Crippen molar-refractivity contribution in [3.8, 4) is 5.75 Å². The number of amides is 3. The van der Waals surface area contributed by atoms with Gasteiger partial charge in [0.25, 0.3) is 11.8 Å². The third-order valence-corrected chi connectivity index (χ3v) is 5.53. The number of aromatic nitrogens is 1. The topological polar surface area (TPSA) is 152 Å². The van der Waals surface area contributed by atoms with Gasteiger partial charge in [0.05, 0.1) is 5.69 Å². The fourth-order valence-electron chi connectivity index (χ4n) is 3.07. The SMILES string of the molecule is CCCC(C(=O)NCCC(C)C)N(C(=O)c1snc(C(N)=O)c1N)c1cccc(O)c1. The molecule has 10 heteroatoms. The number of anilines is 2. The van der Waals surface area contributed by atoms with Gasteiger partial charge in [0.2, 0.25) is 5.91 Å². The molecule has 31 heavy (non-hydrogen) atoms. The minimum absolute atomic E-state index is 0.00762. The van der Waals surface area contributed by atoms with E-state index in [-0.39, 0.29) is 27.9 Å². The zero-order valence-corrected chi connectivity index (χ0v) is 18.7. The number of aromatic hydroxyl groups is 1. The lowest BCUT2D eigenvalue weighted by Crippen LogP contribution is -2.50. The van der Waals surface area contributed by atoms with Gasteiger partial charge in [-0.15, -0.1) is 0 Å². The average Bonchev–Trinajstić information content (AvgIpc) is 3.08. The highest BCUT2D eigenvalue weighted by Gasteiger charge is 2.34. The lowest BCUT2D eigenvalue weighted by molar-refractivity contribution is -0.122. The van der Waals surface area contributed by atoms with Crippen LogP contribution in [-0.4, -0.2) is 39.8 Å². The van der Waals surface area contributed by atoms with E-state index < -0.39 is 17.9 Å². The first kappa shape index (κ1) is 24.1. The van der Waals surface area contributed by atoms with E-state index >= 15 is 0 Å². The fraction of sp³-hybridized carbons (Fsp3) is 0.429. The summed E-state index contributed by atoms with van der Waals surface area (Å²) in [5.74, 6) is -1.38. The Morgan fingerprint density at radius 2 is 1.97 bits per heavy atom. The van der Waals surface area contributed by atoms with Gasteiger partial charge in [0.15, 0.2) is 5.69 Å². The third kappa shape index (κ3) is 5.94. The number of benzene rings is 1. The van der Waals surface area contributed by atoms with Gasteiger partial charge < -0.3 is 21.9 Å². The van der Waals surface area contributed by atoms with Gasteiger partial charge >= 0.3 is 0 Å². The fourth-order valence-corrected chi connectivity index (χ4v) is 3.82. The number of carbonyl (C=O) groups excluding carboxylic acids is 3. The van der Waals surface area contributed by atoms with Gasteiger partial charge in [-0.2, -0.15) is 4.37 Å². The van der Waals surface area contributed by atoms with Crippen molar-refractivity contribution in [1.82, 2.24) is 9.69 Å². The summed E-state index contributed by atoms with van der Waals surface area (Å²) in [4.78, 5) is 39.4. The normalized spacial score (nSPS) is 11.9. The standard InChI is InChI=1S/C21H29N5O4S/c1-4-6-15(20(29)24-10-9-12(2)3)26(13-7-5-8-14(27)11-13)21(30)18-16(22)17(19(23)28)25-31-18/h5,7-8,11-12,15,27H,4,6,9-10,22H2,1-3H3,(H2,23,28)(H,24,29). The van der Waals surface area contributed by atoms with Gasteiger partial charge in [-0.05, 0) is 42.4 Å². The van der Waals surface area contributed by atoms with Crippen LogP contribution in [0.4, 0.5) is 11.4 Å². The van der Waals surface area contributed by atoms with Crippen LogP contribution in [0.1, 0.15) is 60.2 Å². The van der Waals surface area contributed by atoms with E-state index in [9.17, 15) is 19.5 Å². The minimum atomic E-state index is -0.843. The maximum Gasteiger partial charge on any atom is 0.272 e. The molecule has 1 atom stereocenters. The number of phenolic OH excluding ortho intramolecular Hbond substituents is 1. The van der Waals surface area contributed by atoms with Crippen LogP contribution in [-0.2, 0) is 4.79 Å². The molecular weight excluding hydrogens is 418 g/mol.